The number of hydrogen-bond donors (Lipinski definition) is 0. The van der Waals surface area contributed by atoms with Gasteiger partial charge in [-0.15, -0.1) is 10.2 Å². The Bertz CT molecular complexity index is 1360. The number of hydrogen-bond acceptors (Lipinski definition) is 8. The second kappa shape index (κ2) is 9.33. The maximum absolute atomic E-state index is 5.57. The van der Waals surface area contributed by atoms with Crippen LogP contribution in [-0.4, -0.2) is 32.0 Å². The Labute approximate surface area is 194 Å². The van der Waals surface area contributed by atoms with Crippen molar-refractivity contribution in [1.82, 2.24) is 24.9 Å². The van der Waals surface area contributed by atoms with Crippen LogP contribution in [0.25, 0.3) is 22.8 Å². The SMILES string of the molecule is COc1cccc(-c2nnc(SCc3nc(-c4ccccc4C)no3)n2Cc2ccco2)c1. The molecule has 8 nitrogen and oxygen atoms in total. The van der Waals surface area contributed by atoms with E-state index in [0.29, 0.717) is 24.0 Å². The van der Waals surface area contributed by atoms with Crippen molar-refractivity contribution in [2.45, 2.75) is 24.4 Å². The van der Waals surface area contributed by atoms with Gasteiger partial charge in [0.1, 0.15) is 11.5 Å². The van der Waals surface area contributed by atoms with Crippen molar-refractivity contribution in [2.24, 2.45) is 0 Å². The number of aromatic nitrogens is 5. The lowest BCUT2D eigenvalue weighted by Gasteiger charge is -2.09. The molecule has 5 rings (SSSR count). The molecule has 3 aromatic heterocycles. The monoisotopic (exact) mass is 459 g/mol. The molecule has 33 heavy (non-hydrogen) atoms. The van der Waals surface area contributed by atoms with Gasteiger partial charge in [0.25, 0.3) is 0 Å². The van der Waals surface area contributed by atoms with E-state index in [2.05, 4.69) is 20.3 Å². The molecule has 0 N–H and O–H groups in total. The summed E-state index contributed by atoms with van der Waals surface area (Å²) >= 11 is 1.48. The van der Waals surface area contributed by atoms with E-state index >= 15 is 0 Å². The van der Waals surface area contributed by atoms with Crippen molar-refractivity contribution in [3.8, 4) is 28.5 Å². The van der Waals surface area contributed by atoms with Gasteiger partial charge in [0.2, 0.25) is 11.7 Å². The quantitative estimate of drug-likeness (QED) is 0.291. The fourth-order valence-electron chi connectivity index (χ4n) is 3.45. The van der Waals surface area contributed by atoms with Crippen molar-refractivity contribution in [1.29, 1.82) is 0 Å². The average Bonchev–Trinajstić information content (AvgIpc) is 3.60. The minimum absolute atomic E-state index is 0.466. The molecule has 0 aliphatic rings. The lowest BCUT2D eigenvalue weighted by Crippen LogP contribution is -2.03. The number of nitrogens with zero attached hydrogens (tertiary/aromatic N) is 5. The number of methoxy groups -OCH3 is 1. The lowest BCUT2D eigenvalue weighted by molar-refractivity contribution is 0.391. The first-order chi connectivity index (χ1) is 16.2. The molecule has 0 fully saturated rings. The largest absolute Gasteiger partial charge is 0.497 e. The van der Waals surface area contributed by atoms with Crippen LogP contribution in [0.4, 0.5) is 0 Å². The van der Waals surface area contributed by atoms with E-state index in [0.717, 1.165) is 39.2 Å². The number of thioether (sulfide) groups is 1. The summed E-state index contributed by atoms with van der Waals surface area (Å²) in [5.74, 6) is 3.85. The summed E-state index contributed by atoms with van der Waals surface area (Å²) in [5, 5.41) is 13.7. The summed E-state index contributed by atoms with van der Waals surface area (Å²) in [6.45, 7) is 2.52. The van der Waals surface area contributed by atoms with E-state index in [1.165, 1.54) is 11.8 Å². The van der Waals surface area contributed by atoms with Gasteiger partial charge in [-0.1, -0.05) is 53.3 Å². The zero-order valence-corrected chi connectivity index (χ0v) is 19.0. The van der Waals surface area contributed by atoms with Crippen LogP contribution >= 0.6 is 11.8 Å². The van der Waals surface area contributed by atoms with Crippen molar-refractivity contribution in [3.63, 3.8) is 0 Å². The summed E-state index contributed by atoms with van der Waals surface area (Å²) in [6, 6.07) is 19.5. The van der Waals surface area contributed by atoms with Gasteiger partial charge in [0, 0.05) is 11.1 Å². The van der Waals surface area contributed by atoms with Crippen molar-refractivity contribution in [3.05, 3.63) is 84.1 Å². The molecule has 0 saturated heterocycles. The Morgan fingerprint density at radius 1 is 1.03 bits per heavy atom. The highest BCUT2D eigenvalue weighted by Crippen LogP contribution is 2.29. The Morgan fingerprint density at radius 3 is 2.76 bits per heavy atom. The fourth-order valence-corrected chi connectivity index (χ4v) is 4.22. The van der Waals surface area contributed by atoms with Gasteiger partial charge < -0.3 is 13.7 Å². The fraction of sp³-hybridized carbons (Fsp3) is 0.167. The number of ether oxygens (including phenoxy) is 1. The Morgan fingerprint density at radius 2 is 1.94 bits per heavy atom. The molecular weight excluding hydrogens is 438 g/mol. The zero-order chi connectivity index (χ0) is 22.6. The smallest absolute Gasteiger partial charge is 0.237 e. The van der Waals surface area contributed by atoms with E-state index < -0.39 is 0 Å². The van der Waals surface area contributed by atoms with Crippen LogP contribution in [0.3, 0.4) is 0 Å². The molecular formula is C24H21N5O3S. The molecule has 0 unspecified atom stereocenters. The maximum Gasteiger partial charge on any atom is 0.237 e. The number of aryl methyl sites for hydroxylation is 1. The minimum Gasteiger partial charge on any atom is -0.497 e. The standard InChI is InChI=1S/C24H21N5O3S/c1-16-7-3-4-11-20(16)22-25-21(32-28-22)15-33-24-27-26-23(17-8-5-9-18(13-17)30-2)29(24)14-19-10-6-12-31-19/h3-13H,14-15H2,1-2H3. The summed E-state index contributed by atoms with van der Waals surface area (Å²) in [7, 11) is 1.64. The number of rotatable bonds is 8. The molecule has 0 amide bonds. The van der Waals surface area contributed by atoms with Crippen molar-refractivity contribution >= 4 is 11.8 Å². The van der Waals surface area contributed by atoms with Gasteiger partial charge >= 0.3 is 0 Å². The van der Waals surface area contributed by atoms with E-state index in [-0.39, 0.29) is 0 Å². The molecule has 0 spiro atoms. The van der Waals surface area contributed by atoms with Crippen LogP contribution in [0.15, 0.2) is 81.0 Å². The highest BCUT2D eigenvalue weighted by Gasteiger charge is 2.18. The Kier molecular flexibility index (Phi) is 5.95. The topological polar surface area (TPSA) is 92.0 Å². The summed E-state index contributed by atoms with van der Waals surface area (Å²) in [4.78, 5) is 4.56. The van der Waals surface area contributed by atoms with Crippen LogP contribution < -0.4 is 4.74 Å². The van der Waals surface area contributed by atoms with Crippen LogP contribution in [0.1, 0.15) is 17.2 Å². The summed E-state index contributed by atoms with van der Waals surface area (Å²) < 4.78 is 18.4. The molecule has 0 bridgehead atoms. The summed E-state index contributed by atoms with van der Waals surface area (Å²) in [5.41, 5.74) is 2.96. The average molecular weight is 460 g/mol. The number of furan rings is 1. The second-order valence-electron chi connectivity index (χ2n) is 7.32. The van der Waals surface area contributed by atoms with Crippen molar-refractivity contribution in [2.75, 3.05) is 7.11 Å². The van der Waals surface area contributed by atoms with Gasteiger partial charge in [0.05, 0.1) is 25.7 Å². The van der Waals surface area contributed by atoms with Gasteiger partial charge in [-0.3, -0.25) is 4.57 Å². The molecule has 0 atom stereocenters. The van der Waals surface area contributed by atoms with Crippen molar-refractivity contribution < 1.29 is 13.7 Å². The molecule has 0 saturated carbocycles. The van der Waals surface area contributed by atoms with E-state index in [9.17, 15) is 0 Å². The molecule has 5 aromatic rings. The van der Waals surface area contributed by atoms with Gasteiger partial charge in [-0.2, -0.15) is 4.98 Å². The van der Waals surface area contributed by atoms with Gasteiger partial charge in [-0.25, -0.2) is 0 Å². The zero-order valence-electron chi connectivity index (χ0n) is 18.1. The van der Waals surface area contributed by atoms with Crippen LogP contribution in [0, 0.1) is 6.92 Å². The lowest BCUT2D eigenvalue weighted by atomic mass is 10.1. The highest BCUT2D eigenvalue weighted by molar-refractivity contribution is 7.98. The molecule has 0 aliphatic carbocycles. The predicted octanol–water partition coefficient (Wildman–Crippen LogP) is 5.25. The maximum atomic E-state index is 5.57. The molecule has 9 heteroatoms. The molecule has 166 valence electrons. The van der Waals surface area contributed by atoms with Gasteiger partial charge in [-0.05, 0) is 36.8 Å². The van der Waals surface area contributed by atoms with E-state index in [4.69, 9.17) is 13.7 Å². The molecule has 3 heterocycles. The second-order valence-corrected chi connectivity index (χ2v) is 8.26. The first-order valence-electron chi connectivity index (χ1n) is 10.3. The van der Waals surface area contributed by atoms with Crippen LogP contribution in [0.5, 0.6) is 5.75 Å². The minimum atomic E-state index is 0.466. The molecule has 0 radical (unpaired) electrons. The van der Waals surface area contributed by atoms with E-state index in [1.807, 2.05) is 72.2 Å². The Hall–Kier alpha value is -3.85. The Balaban J connectivity index is 1.41. The summed E-state index contributed by atoms with van der Waals surface area (Å²) in [6.07, 6.45) is 1.66. The highest BCUT2D eigenvalue weighted by atomic mass is 32.2. The van der Waals surface area contributed by atoms with Crippen LogP contribution in [-0.2, 0) is 12.3 Å². The normalized spacial score (nSPS) is 11.1. The number of benzene rings is 2. The van der Waals surface area contributed by atoms with Crippen LogP contribution in [0.2, 0.25) is 0 Å². The predicted molar refractivity (Wildman–Crippen MR) is 124 cm³/mol. The third-order valence-electron chi connectivity index (χ3n) is 5.12. The molecule has 2 aromatic carbocycles. The third kappa shape index (κ3) is 4.54. The van der Waals surface area contributed by atoms with Gasteiger partial charge in [0.15, 0.2) is 11.0 Å². The first-order valence-corrected chi connectivity index (χ1v) is 11.3. The molecule has 0 aliphatic heterocycles. The third-order valence-corrected chi connectivity index (χ3v) is 6.07. The van der Waals surface area contributed by atoms with E-state index in [1.54, 1.807) is 13.4 Å². The first kappa shape index (κ1) is 21.0.